The zero-order chi connectivity index (χ0) is 6.69. The van der Waals surface area contributed by atoms with Crippen LogP contribution in [0.25, 0.3) is 0 Å². The minimum atomic E-state index is 0.519. The molecule has 0 spiro atoms. The number of hydrogen-bond donors (Lipinski definition) is 0. The van der Waals surface area contributed by atoms with Crippen molar-refractivity contribution in [3.63, 3.8) is 0 Å². The first kappa shape index (κ1) is 6.56. The summed E-state index contributed by atoms with van der Waals surface area (Å²) < 4.78 is 0. The molecule has 0 aliphatic rings. The fourth-order valence-corrected chi connectivity index (χ4v) is 1.45. The summed E-state index contributed by atoms with van der Waals surface area (Å²) in [7, 11) is 0. The van der Waals surface area contributed by atoms with Crippen LogP contribution in [-0.4, -0.2) is 0 Å². The van der Waals surface area contributed by atoms with Crippen LogP contribution < -0.4 is 0 Å². The van der Waals surface area contributed by atoms with E-state index in [2.05, 4.69) is 31.0 Å². The van der Waals surface area contributed by atoms with Crippen molar-refractivity contribution in [2.75, 3.05) is 0 Å². The van der Waals surface area contributed by atoms with Crippen molar-refractivity contribution in [1.82, 2.24) is 0 Å². The zero-order valence-electron chi connectivity index (χ0n) is 5.50. The average molecular weight is 138 g/mol. The summed E-state index contributed by atoms with van der Waals surface area (Å²) in [5.41, 5.74) is 0. The third kappa shape index (κ3) is 1.42. The van der Waals surface area contributed by atoms with E-state index in [-0.39, 0.29) is 0 Å². The predicted octanol–water partition coefficient (Wildman–Crippen LogP) is 3.04. The molecule has 9 heavy (non-hydrogen) atoms. The topological polar surface area (TPSA) is 0 Å². The fourth-order valence-electron chi connectivity index (χ4n) is 0.667. The van der Waals surface area contributed by atoms with Crippen molar-refractivity contribution in [1.29, 1.82) is 0 Å². The monoisotopic (exact) mass is 138 g/mol. The normalized spacial score (nSPS) is 13.0. The lowest BCUT2D eigenvalue weighted by Gasteiger charge is -1.98. The molecule has 0 N–H and O–H groups in total. The van der Waals surface area contributed by atoms with E-state index in [9.17, 15) is 0 Å². The lowest BCUT2D eigenvalue weighted by molar-refractivity contribution is 1.00. The molecule has 0 nitrogen and oxygen atoms in total. The maximum Gasteiger partial charge on any atom is 0.0111 e. The second kappa shape index (κ2) is 2.83. The number of allylic oxidation sites excluding steroid dienone is 1. The SMILES string of the molecule is C=C[C@@H](C)c1cccs1. The molecule has 0 aliphatic heterocycles. The van der Waals surface area contributed by atoms with E-state index in [1.165, 1.54) is 4.88 Å². The molecule has 0 aromatic carbocycles. The largest absolute Gasteiger partial charge is 0.148 e. The van der Waals surface area contributed by atoms with Crippen LogP contribution in [-0.2, 0) is 0 Å². The number of rotatable bonds is 2. The molecule has 1 aromatic rings. The van der Waals surface area contributed by atoms with Gasteiger partial charge in [0.25, 0.3) is 0 Å². The summed E-state index contributed by atoms with van der Waals surface area (Å²) in [6.45, 7) is 5.87. The van der Waals surface area contributed by atoms with Gasteiger partial charge in [-0.2, -0.15) is 0 Å². The third-order valence-corrected chi connectivity index (χ3v) is 2.42. The molecular weight excluding hydrogens is 128 g/mol. The molecule has 0 radical (unpaired) electrons. The summed E-state index contributed by atoms with van der Waals surface area (Å²) in [6.07, 6.45) is 1.96. The molecule has 0 unspecified atom stereocenters. The summed E-state index contributed by atoms with van der Waals surface area (Å²) >= 11 is 1.78. The molecule has 0 saturated carbocycles. The van der Waals surface area contributed by atoms with Crippen LogP contribution in [0.2, 0.25) is 0 Å². The summed E-state index contributed by atoms with van der Waals surface area (Å²) in [6, 6.07) is 4.21. The molecule has 48 valence electrons. The van der Waals surface area contributed by atoms with Gasteiger partial charge in [0.15, 0.2) is 0 Å². The molecule has 1 heterocycles. The lowest BCUT2D eigenvalue weighted by Crippen LogP contribution is -1.79. The van der Waals surface area contributed by atoms with Gasteiger partial charge in [0.1, 0.15) is 0 Å². The molecule has 0 saturated heterocycles. The lowest BCUT2D eigenvalue weighted by atomic mass is 10.1. The van der Waals surface area contributed by atoms with Gasteiger partial charge in [-0.15, -0.1) is 17.9 Å². The highest BCUT2D eigenvalue weighted by molar-refractivity contribution is 7.10. The Morgan fingerprint density at radius 3 is 3.00 bits per heavy atom. The minimum Gasteiger partial charge on any atom is -0.148 e. The van der Waals surface area contributed by atoms with Crippen molar-refractivity contribution in [3.8, 4) is 0 Å². The van der Waals surface area contributed by atoms with Crippen molar-refractivity contribution in [2.24, 2.45) is 0 Å². The van der Waals surface area contributed by atoms with E-state index in [1.807, 2.05) is 6.08 Å². The number of hydrogen-bond acceptors (Lipinski definition) is 1. The van der Waals surface area contributed by atoms with E-state index < -0.39 is 0 Å². The van der Waals surface area contributed by atoms with Crippen LogP contribution in [0.4, 0.5) is 0 Å². The van der Waals surface area contributed by atoms with Gasteiger partial charge in [-0.25, -0.2) is 0 Å². The van der Waals surface area contributed by atoms with Gasteiger partial charge in [-0.3, -0.25) is 0 Å². The first-order chi connectivity index (χ1) is 4.34. The van der Waals surface area contributed by atoms with Crippen molar-refractivity contribution >= 4 is 11.3 Å². The Bertz CT molecular complexity index is 174. The van der Waals surface area contributed by atoms with E-state index in [4.69, 9.17) is 0 Å². The highest BCUT2D eigenvalue weighted by Gasteiger charge is 1.98. The highest BCUT2D eigenvalue weighted by Crippen LogP contribution is 2.20. The van der Waals surface area contributed by atoms with Crippen LogP contribution in [0.5, 0.6) is 0 Å². The van der Waals surface area contributed by atoms with Crippen LogP contribution in [0, 0.1) is 0 Å². The maximum absolute atomic E-state index is 3.72. The molecular formula is C8H10S. The van der Waals surface area contributed by atoms with Crippen molar-refractivity contribution in [3.05, 3.63) is 35.0 Å². The molecule has 0 aliphatic carbocycles. The molecule has 0 amide bonds. The third-order valence-electron chi connectivity index (χ3n) is 1.35. The quantitative estimate of drug-likeness (QED) is 0.551. The number of thiophene rings is 1. The van der Waals surface area contributed by atoms with Gasteiger partial charge in [-0.05, 0) is 11.4 Å². The Morgan fingerprint density at radius 2 is 2.56 bits per heavy atom. The van der Waals surface area contributed by atoms with Gasteiger partial charge < -0.3 is 0 Å². The maximum atomic E-state index is 3.72. The standard InChI is InChI=1S/C8H10S/c1-3-7(2)8-5-4-6-9-8/h3-7H,1H2,2H3/t7-/m1/s1. The Kier molecular flexibility index (Phi) is 2.06. The first-order valence-electron chi connectivity index (χ1n) is 3.00. The van der Waals surface area contributed by atoms with Gasteiger partial charge in [0.05, 0.1) is 0 Å². The molecule has 1 rings (SSSR count). The molecule has 1 heteroatoms. The molecule has 1 aromatic heterocycles. The van der Waals surface area contributed by atoms with Gasteiger partial charge in [-0.1, -0.05) is 19.1 Å². The van der Waals surface area contributed by atoms with Gasteiger partial charge in [0, 0.05) is 10.8 Å². The van der Waals surface area contributed by atoms with E-state index >= 15 is 0 Å². The smallest absolute Gasteiger partial charge is 0.0111 e. The fraction of sp³-hybridized carbons (Fsp3) is 0.250. The second-order valence-corrected chi connectivity index (χ2v) is 3.02. The van der Waals surface area contributed by atoms with E-state index in [0.717, 1.165) is 0 Å². The van der Waals surface area contributed by atoms with E-state index in [0.29, 0.717) is 5.92 Å². The summed E-state index contributed by atoms with van der Waals surface area (Å²) in [5, 5.41) is 2.09. The Hall–Kier alpha value is -0.560. The van der Waals surface area contributed by atoms with Crippen molar-refractivity contribution in [2.45, 2.75) is 12.8 Å². The van der Waals surface area contributed by atoms with Crippen molar-refractivity contribution < 1.29 is 0 Å². The molecule has 1 atom stereocenters. The first-order valence-corrected chi connectivity index (χ1v) is 3.88. The van der Waals surface area contributed by atoms with Crippen LogP contribution in [0.1, 0.15) is 17.7 Å². The van der Waals surface area contributed by atoms with Crippen LogP contribution >= 0.6 is 11.3 Å². The molecule has 0 bridgehead atoms. The van der Waals surface area contributed by atoms with Gasteiger partial charge >= 0.3 is 0 Å². The van der Waals surface area contributed by atoms with E-state index in [1.54, 1.807) is 11.3 Å². The Balaban J connectivity index is 2.76. The Labute approximate surface area is 59.8 Å². The highest BCUT2D eigenvalue weighted by atomic mass is 32.1. The Morgan fingerprint density at radius 1 is 1.78 bits per heavy atom. The van der Waals surface area contributed by atoms with Gasteiger partial charge in [0.2, 0.25) is 0 Å². The van der Waals surface area contributed by atoms with Crippen LogP contribution in [0.15, 0.2) is 30.2 Å². The van der Waals surface area contributed by atoms with Crippen LogP contribution in [0.3, 0.4) is 0 Å². The average Bonchev–Trinajstić information content (AvgIpc) is 2.37. The second-order valence-electron chi connectivity index (χ2n) is 2.04. The molecule has 0 fully saturated rings. The predicted molar refractivity (Wildman–Crippen MR) is 42.9 cm³/mol. The summed E-state index contributed by atoms with van der Waals surface area (Å²) in [5.74, 6) is 0.519. The summed E-state index contributed by atoms with van der Waals surface area (Å²) in [4.78, 5) is 1.39. The minimum absolute atomic E-state index is 0.519. The zero-order valence-corrected chi connectivity index (χ0v) is 6.32.